The molecule has 1 aliphatic heterocycles. The highest BCUT2D eigenvalue weighted by Crippen LogP contribution is 2.47. The van der Waals surface area contributed by atoms with Gasteiger partial charge in [-0.1, -0.05) is 30.3 Å². The standard InChI is InChI=1S/C21H30N4O2/c26-19(22-16-21(8-9-21)17-4-2-1-3-5-17)14-24-10-12-25(13-11-24)15-20(27)23-18-6-7-18/h1-5,18H,6-16H2,(H,22,26)(H,23,27). The first-order valence-corrected chi connectivity index (χ1v) is 10.2. The van der Waals surface area contributed by atoms with E-state index in [0.717, 1.165) is 58.4 Å². The van der Waals surface area contributed by atoms with Crippen molar-refractivity contribution in [1.29, 1.82) is 0 Å². The average Bonchev–Trinajstić information content (AvgIpc) is 3.59. The van der Waals surface area contributed by atoms with Crippen molar-refractivity contribution in [2.24, 2.45) is 0 Å². The smallest absolute Gasteiger partial charge is 0.234 e. The van der Waals surface area contributed by atoms with Crippen molar-refractivity contribution >= 4 is 11.8 Å². The summed E-state index contributed by atoms with van der Waals surface area (Å²) in [4.78, 5) is 28.6. The summed E-state index contributed by atoms with van der Waals surface area (Å²) >= 11 is 0. The van der Waals surface area contributed by atoms with E-state index in [2.05, 4.69) is 44.7 Å². The lowest BCUT2D eigenvalue weighted by Crippen LogP contribution is -2.52. The van der Waals surface area contributed by atoms with Crippen LogP contribution in [0, 0.1) is 0 Å². The summed E-state index contributed by atoms with van der Waals surface area (Å²) in [6, 6.07) is 10.9. The van der Waals surface area contributed by atoms with Crippen LogP contribution in [0.4, 0.5) is 0 Å². The summed E-state index contributed by atoms with van der Waals surface area (Å²) in [6.45, 7) is 5.04. The first-order valence-electron chi connectivity index (χ1n) is 10.2. The molecule has 2 aliphatic carbocycles. The fraction of sp³-hybridized carbons (Fsp3) is 0.619. The van der Waals surface area contributed by atoms with E-state index in [-0.39, 0.29) is 17.2 Å². The van der Waals surface area contributed by atoms with Crippen molar-refractivity contribution in [2.75, 3.05) is 45.8 Å². The molecule has 6 heteroatoms. The molecule has 2 amide bonds. The molecular weight excluding hydrogens is 340 g/mol. The molecule has 2 N–H and O–H groups in total. The summed E-state index contributed by atoms with van der Waals surface area (Å²) < 4.78 is 0. The van der Waals surface area contributed by atoms with E-state index >= 15 is 0 Å². The zero-order valence-corrected chi connectivity index (χ0v) is 16.0. The van der Waals surface area contributed by atoms with E-state index < -0.39 is 0 Å². The van der Waals surface area contributed by atoms with Crippen LogP contribution >= 0.6 is 0 Å². The maximum Gasteiger partial charge on any atom is 0.234 e. The van der Waals surface area contributed by atoms with Crippen LogP contribution in [0.15, 0.2) is 30.3 Å². The van der Waals surface area contributed by atoms with Gasteiger partial charge >= 0.3 is 0 Å². The fourth-order valence-electron chi connectivity index (χ4n) is 3.85. The fourth-order valence-corrected chi connectivity index (χ4v) is 3.85. The lowest BCUT2D eigenvalue weighted by Gasteiger charge is -2.33. The van der Waals surface area contributed by atoms with E-state index in [1.54, 1.807) is 0 Å². The Bertz CT molecular complexity index is 662. The van der Waals surface area contributed by atoms with Gasteiger partial charge in [-0.2, -0.15) is 0 Å². The highest BCUT2D eigenvalue weighted by Gasteiger charge is 2.44. The van der Waals surface area contributed by atoms with Crippen molar-refractivity contribution in [2.45, 2.75) is 37.1 Å². The number of carbonyl (C=O) groups excluding carboxylic acids is 2. The van der Waals surface area contributed by atoms with Gasteiger partial charge in [0.25, 0.3) is 0 Å². The van der Waals surface area contributed by atoms with Gasteiger partial charge in [0.05, 0.1) is 13.1 Å². The second-order valence-electron chi connectivity index (χ2n) is 8.32. The second-order valence-corrected chi connectivity index (χ2v) is 8.32. The molecule has 1 heterocycles. The molecule has 0 unspecified atom stereocenters. The number of benzene rings is 1. The third kappa shape index (κ3) is 5.08. The summed E-state index contributed by atoms with van der Waals surface area (Å²) in [7, 11) is 0. The van der Waals surface area contributed by atoms with E-state index in [1.165, 1.54) is 5.56 Å². The van der Waals surface area contributed by atoms with Crippen LogP contribution in [0.5, 0.6) is 0 Å². The number of amides is 2. The van der Waals surface area contributed by atoms with Gasteiger partial charge in [0.15, 0.2) is 0 Å². The normalized spacial score (nSPS) is 22.2. The molecule has 0 bridgehead atoms. The van der Waals surface area contributed by atoms with Gasteiger partial charge in [-0.15, -0.1) is 0 Å². The highest BCUT2D eigenvalue weighted by atomic mass is 16.2. The van der Waals surface area contributed by atoms with Crippen molar-refractivity contribution in [3.05, 3.63) is 35.9 Å². The number of piperazine rings is 1. The van der Waals surface area contributed by atoms with E-state index in [4.69, 9.17) is 0 Å². The predicted molar refractivity (Wildman–Crippen MR) is 104 cm³/mol. The van der Waals surface area contributed by atoms with Gasteiger partial charge < -0.3 is 10.6 Å². The van der Waals surface area contributed by atoms with Gasteiger partial charge in [0.1, 0.15) is 0 Å². The predicted octanol–water partition coefficient (Wildman–Crippen LogP) is 0.731. The summed E-state index contributed by atoms with van der Waals surface area (Å²) in [5.74, 6) is 0.247. The molecule has 2 saturated carbocycles. The van der Waals surface area contributed by atoms with Crippen molar-refractivity contribution in [3.8, 4) is 0 Å². The van der Waals surface area contributed by atoms with Crippen LogP contribution in [0.3, 0.4) is 0 Å². The van der Waals surface area contributed by atoms with Gasteiger partial charge in [0, 0.05) is 44.2 Å². The van der Waals surface area contributed by atoms with Crippen molar-refractivity contribution in [3.63, 3.8) is 0 Å². The molecule has 0 spiro atoms. The van der Waals surface area contributed by atoms with E-state index in [9.17, 15) is 9.59 Å². The Kier molecular flexibility index (Phi) is 5.45. The largest absolute Gasteiger partial charge is 0.354 e. The quantitative estimate of drug-likeness (QED) is 0.708. The topological polar surface area (TPSA) is 64.7 Å². The zero-order valence-electron chi connectivity index (χ0n) is 16.0. The van der Waals surface area contributed by atoms with Crippen LogP contribution < -0.4 is 10.6 Å². The molecule has 0 aromatic heterocycles. The number of rotatable bonds is 8. The van der Waals surface area contributed by atoms with E-state index in [1.807, 2.05) is 6.07 Å². The molecule has 146 valence electrons. The maximum absolute atomic E-state index is 12.4. The third-order valence-electron chi connectivity index (χ3n) is 6.01. The van der Waals surface area contributed by atoms with Crippen LogP contribution in [-0.2, 0) is 15.0 Å². The minimum Gasteiger partial charge on any atom is -0.354 e. The Morgan fingerprint density at radius 3 is 2.07 bits per heavy atom. The molecule has 6 nitrogen and oxygen atoms in total. The van der Waals surface area contributed by atoms with Gasteiger partial charge in [0.2, 0.25) is 11.8 Å². The third-order valence-corrected chi connectivity index (χ3v) is 6.01. The minimum atomic E-state index is 0.108. The lowest BCUT2D eigenvalue weighted by atomic mass is 9.96. The number of carbonyl (C=O) groups is 2. The first kappa shape index (κ1) is 18.4. The summed E-state index contributed by atoms with van der Waals surface area (Å²) in [6.07, 6.45) is 4.55. The monoisotopic (exact) mass is 370 g/mol. The number of hydrogen-bond acceptors (Lipinski definition) is 4. The zero-order chi connectivity index (χ0) is 18.7. The molecule has 27 heavy (non-hydrogen) atoms. The molecule has 1 aromatic rings. The lowest BCUT2D eigenvalue weighted by molar-refractivity contribution is -0.125. The van der Waals surface area contributed by atoms with Gasteiger partial charge in [-0.05, 0) is 31.2 Å². The highest BCUT2D eigenvalue weighted by molar-refractivity contribution is 5.79. The van der Waals surface area contributed by atoms with Crippen LogP contribution in [0.1, 0.15) is 31.2 Å². The Labute approximate surface area is 161 Å². The Morgan fingerprint density at radius 2 is 1.52 bits per heavy atom. The Hall–Kier alpha value is -1.92. The van der Waals surface area contributed by atoms with E-state index in [0.29, 0.717) is 19.1 Å². The number of hydrogen-bond donors (Lipinski definition) is 2. The molecule has 3 aliphatic rings. The summed E-state index contributed by atoms with van der Waals surface area (Å²) in [5, 5.41) is 6.18. The first-order chi connectivity index (χ1) is 13.1. The number of nitrogens with zero attached hydrogens (tertiary/aromatic N) is 2. The van der Waals surface area contributed by atoms with Crippen LogP contribution in [0.25, 0.3) is 0 Å². The van der Waals surface area contributed by atoms with Gasteiger partial charge in [-0.25, -0.2) is 0 Å². The molecule has 1 saturated heterocycles. The van der Waals surface area contributed by atoms with Crippen LogP contribution in [0.2, 0.25) is 0 Å². The SMILES string of the molecule is O=C(CN1CCN(CC(=O)NC2CC2)CC1)NCC1(c2ccccc2)CC1. The van der Waals surface area contributed by atoms with Gasteiger partial charge in [-0.3, -0.25) is 19.4 Å². The molecule has 0 radical (unpaired) electrons. The maximum atomic E-state index is 12.4. The van der Waals surface area contributed by atoms with Crippen molar-refractivity contribution in [1.82, 2.24) is 20.4 Å². The molecule has 1 aromatic carbocycles. The Morgan fingerprint density at radius 1 is 0.926 bits per heavy atom. The molecule has 3 fully saturated rings. The molecule has 0 atom stereocenters. The van der Waals surface area contributed by atoms with Crippen molar-refractivity contribution < 1.29 is 9.59 Å². The molecule has 4 rings (SSSR count). The average molecular weight is 370 g/mol. The summed E-state index contributed by atoms with van der Waals surface area (Å²) in [5.41, 5.74) is 1.49. The van der Waals surface area contributed by atoms with Crippen LogP contribution in [-0.4, -0.2) is 73.5 Å². The number of nitrogens with one attached hydrogen (secondary N) is 2. The molecular formula is C21H30N4O2. The second kappa shape index (κ2) is 7.98. The minimum absolute atomic E-state index is 0.108. The Balaban J connectivity index is 1.15.